The van der Waals surface area contributed by atoms with E-state index >= 15 is 0 Å². The zero-order chi connectivity index (χ0) is 34.8. The molecule has 50 heavy (non-hydrogen) atoms. The van der Waals surface area contributed by atoms with Crippen molar-refractivity contribution in [2.24, 2.45) is 0 Å². The number of hydrogen-bond donors (Lipinski definition) is 2. The molecule has 6 aromatic rings. The lowest BCUT2D eigenvalue weighted by atomic mass is 9.98. The van der Waals surface area contributed by atoms with Gasteiger partial charge < -0.3 is 26.2 Å². The van der Waals surface area contributed by atoms with E-state index in [-0.39, 0.29) is 17.8 Å². The second-order valence-corrected chi connectivity index (χ2v) is 12.8. The third-order valence-corrected chi connectivity index (χ3v) is 9.58. The molecule has 0 saturated carbocycles. The van der Waals surface area contributed by atoms with Gasteiger partial charge in [0.25, 0.3) is 5.91 Å². The number of benzene rings is 2. The van der Waals surface area contributed by atoms with Gasteiger partial charge in [-0.05, 0) is 91.7 Å². The van der Waals surface area contributed by atoms with Gasteiger partial charge in [0.15, 0.2) is 5.82 Å². The number of likely N-dealkylation sites (N-methyl/N-ethyl adjacent to an activating group) is 2. The molecule has 12 nitrogen and oxygen atoms in total. The maximum atomic E-state index is 13.7. The van der Waals surface area contributed by atoms with Crippen molar-refractivity contribution in [3.63, 3.8) is 0 Å². The number of fused-ring (bicyclic) bond motifs is 2. The second kappa shape index (κ2) is 14.0. The van der Waals surface area contributed by atoms with Crippen LogP contribution in [0.3, 0.4) is 0 Å². The molecule has 254 valence electrons. The van der Waals surface area contributed by atoms with Gasteiger partial charge in [-0.1, -0.05) is 12.1 Å². The van der Waals surface area contributed by atoms with Crippen LogP contribution < -0.4 is 16.4 Å². The summed E-state index contributed by atoms with van der Waals surface area (Å²) in [5.74, 6) is 1.71. The van der Waals surface area contributed by atoms with E-state index in [4.69, 9.17) is 11.5 Å². The van der Waals surface area contributed by atoms with E-state index in [1.54, 1.807) is 29.2 Å². The fraction of sp³-hybridized carbons (Fsp3) is 0.270. The molecule has 2 atom stereocenters. The third kappa shape index (κ3) is 6.72. The summed E-state index contributed by atoms with van der Waals surface area (Å²) in [7, 11) is 3.86. The van der Waals surface area contributed by atoms with Crippen LogP contribution in [0.2, 0.25) is 0 Å². The summed E-state index contributed by atoms with van der Waals surface area (Å²) < 4.78 is 13.7. The van der Waals surface area contributed by atoms with Crippen molar-refractivity contribution in [1.29, 1.82) is 0 Å². The number of amides is 1. The highest BCUT2D eigenvalue weighted by molar-refractivity contribution is 6.09. The first kappa shape index (κ1) is 32.7. The monoisotopic (exact) mass is 671 g/mol. The molecule has 2 aromatic carbocycles. The second-order valence-electron chi connectivity index (χ2n) is 12.8. The van der Waals surface area contributed by atoms with E-state index in [2.05, 4.69) is 51.8 Å². The minimum atomic E-state index is -0.339. The topological polar surface area (TPSA) is 156 Å². The van der Waals surface area contributed by atoms with Crippen LogP contribution >= 0.6 is 0 Å². The smallest absolute Gasteiger partial charge is 0.256 e. The summed E-state index contributed by atoms with van der Waals surface area (Å²) in [6, 6.07) is 18.1. The molecular formula is C37H38FN11O. The molecule has 1 amide bonds. The summed E-state index contributed by atoms with van der Waals surface area (Å²) in [6.45, 7) is 3.73. The predicted molar refractivity (Wildman–Crippen MR) is 193 cm³/mol. The van der Waals surface area contributed by atoms with Crippen molar-refractivity contribution >= 4 is 45.3 Å². The Morgan fingerprint density at radius 1 is 0.860 bits per heavy atom. The van der Waals surface area contributed by atoms with Crippen LogP contribution in [-0.2, 0) is 0 Å². The Bertz CT molecular complexity index is 2170. The normalized spacial score (nSPS) is 17.5. The molecule has 4 N–H and O–H groups in total. The number of likely N-dealkylation sites (tertiary alicyclic amines) is 1. The van der Waals surface area contributed by atoms with E-state index in [9.17, 15) is 9.18 Å². The average molecular weight is 672 g/mol. The molecule has 0 spiro atoms. The summed E-state index contributed by atoms with van der Waals surface area (Å²) in [5, 5.41) is 0.588. The minimum absolute atomic E-state index is 0.123. The maximum Gasteiger partial charge on any atom is 0.256 e. The van der Waals surface area contributed by atoms with Gasteiger partial charge in [-0.3, -0.25) is 9.78 Å². The van der Waals surface area contributed by atoms with Gasteiger partial charge in [0.2, 0.25) is 0 Å². The van der Waals surface area contributed by atoms with Gasteiger partial charge in [0.1, 0.15) is 35.6 Å². The van der Waals surface area contributed by atoms with Gasteiger partial charge >= 0.3 is 0 Å². The molecule has 0 aliphatic carbocycles. The van der Waals surface area contributed by atoms with Crippen LogP contribution in [0, 0.1) is 5.82 Å². The zero-order valence-electron chi connectivity index (χ0n) is 27.9. The molecule has 2 saturated heterocycles. The molecular weight excluding hydrogens is 633 g/mol. The Hall–Kier alpha value is -5.82. The number of carbonyl (C=O) groups is 1. The number of hydrogen-bond acceptors (Lipinski definition) is 11. The van der Waals surface area contributed by atoms with Crippen LogP contribution in [-0.4, -0.2) is 91.9 Å². The number of halogens is 1. The number of anilines is 3. The maximum absolute atomic E-state index is 13.7. The Balaban J connectivity index is 0.000000161. The summed E-state index contributed by atoms with van der Waals surface area (Å²) in [6.07, 6.45) is 8.57. The highest BCUT2D eigenvalue weighted by Gasteiger charge is 2.29. The first-order valence-corrected chi connectivity index (χ1v) is 16.5. The van der Waals surface area contributed by atoms with E-state index in [0.717, 1.165) is 50.4 Å². The Morgan fingerprint density at radius 2 is 1.66 bits per heavy atom. The van der Waals surface area contributed by atoms with Crippen molar-refractivity contribution in [3.8, 4) is 11.1 Å². The number of rotatable bonds is 5. The molecule has 13 heteroatoms. The molecule has 6 heterocycles. The van der Waals surface area contributed by atoms with Gasteiger partial charge in [-0.25, -0.2) is 29.3 Å². The highest BCUT2D eigenvalue weighted by Crippen LogP contribution is 2.32. The fourth-order valence-corrected chi connectivity index (χ4v) is 6.77. The van der Waals surface area contributed by atoms with E-state index < -0.39 is 0 Å². The number of carbonyl (C=O) groups excluding carboxylic acids is 1. The highest BCUT2D eigenvalue weighted by atomic mass is 19.1. The number of aromatic nitrogens is 6. The van der Waals surface area contributed by atoms with Gasteiger partial charge in [-0.2, -0.15) is 0 Å². The number of pyridine rings is 2. The van der Waals surface area contributed by atoms with E-state index in [1.807, 2.05) is 38.6 Å². The lowest BCUT2D eigenvalue weighted by molar-refractivity contribution is 0.0739. The first-order valence-electron chi connectivity index (χ1n) is 16.5. The molecule has 0 radical (unpaired) electrons. The number of nitrogens with two attached hydrogens (primary N) is 2. The van der Waals surface area contributed by atoms with Crippen molar-refractivity contribution in [2.75, 3.05) is 56.6 Å². The van der Waals surface area contributed by atoms with Crippen molar-refractivity contribution in [3.05, 3.63) is 103 Å². The van der Waals surface area contributed by atoms with E-state index in [0.29, 0.717) is 50.7 Å². The minimum Gasteiger partial charge on any atom is -0.383 e. The summed E-state index contributed by atoms with van der Waals surface area (Å²) in [4.78, 5) is 44.9. The predicted octanol–water partition coefficient (Wildman–Crippen LogP) is 4.79. The molecule has 0 bridgehead atoms. The van der Waals surface area contributed by atoms with Gasteiger partial charge in [-0.15, -0.1) is 0 Å². The van der Waals surface area contributed by atoms with Gasteiger partial charge in [0.05, 0.1) is 16.6 Å². The standard InChI is InChI=1S/C21H22FN5O.C16H16N6/c1-26-7-6-16(11-26)27(2)21(28)18-10-14(13-4-3-5-15(22)8-13)9-17-19(18)24-12-25-20(17)23;17-16-15-13(19-10-20-16)1-2-14(21-15)22-8-5-12(9-22)11-3-6-18-7-4-11/h3-5,8-10,12,16H,6-7,11H2,1-2H3,(H2,23,24,25);1-4,6-7,10,12H,5,8-9H2,(H2,17,19,20). The van der Waals surface area contributed by atoms with E-state index in [1.165, 1.54) is 30.4 Å². The van der Waals surface area contributed by atoms with Gasteiger partial charge in [0, 0.05) is 56.4 Å². The molecule has 2 aliphatic heterocycles. The van der Waals surface area contributed by atoms with Crippen LogP contribution in [0.15, 0.2) is 85.7 Å². The van der Waals surface area contributed by atoms with Crippen LogP contribution in [0.4, 0.5) is 21.8 Å². The fourth-order valence-electron chi connectivity index (χ4n) is 6.77. The zero-order valence-corrected chi connectivity index (χ0v) is 27.9. The Labute approximate surface area is 289 Å². The van der Waals surface area contributed by atoms with Crippen molar-refractivity contribution in [2.45, 2.75) is 24.8 Å². The lowest BCUT2D eigenvalue weighted by Gasteiger charge is -2.25. The van der Waals surface area contributed by atoms with Crippen molar-refractivity contribution in [1.82, 2.24) is 39.7 Å². The van der Waals surface area contributed by atoms with Crippen LogP contribution in [0.5, 0.6) is 0 Å². The molecule has 8 rings (SSSR count). The first-order chi connectivity index (χ1) is 24.2. The number of nitrogen functional groups attached to an aromatic ring is 2. The van der Waals surface area contributed by atoms with Crippen LogP contribution in [0.1, 0.15) is 34.7 Å². The van der Waals surface area contributed by atoms with Crippen molar-refractivity contribution < 1.29 is 9.18 Å². The SMILES string of the molecule is CN1CCC(N(C)C(=O)c2cc(-c3cccc(F)c3)cc3c(N)ncnc23)C1.Nc1ncnc2ccc(N3CCC(c4ccncc4)C3)nc12. The quantitative estimate of drug-likeness (QED) is 0.260. The number of nitrogens with zero attached hydrogens (tertiary/aromatic N) is 9. The molecule has 2 aliphatic rings. The molecule has 4 aromatic heterocycles. The summed E-state index contributed by atoms with van der Waals surface area (Å²) >= 11 is 0. The summed E-state index contributed by atoms with van der Waals surface area (Å²) in [5.41, 5.74) is 17.1. The Kier molecular flexibility index (Phi) is 9.13. The van der Waals surface area contributed by atoms with Crippen LogP contribution in [0.25, 0.3) is 33.1 Å². The third-order valence-electron chi connectivity index (χ3n) is 9.58. The lowest BCUT2D eigenvalue weighted by Crippen LogP contribution is -2.38. The molecule has 2 fully saturated rings. The largest absolute Gasteiger partial charge is 0.383 e. The Morgan fingerprint density at radius 3 is 2.44 bits per heavy atom. The molecule has 2 unspecified atom stereocenters. The average Bonchev–Trinajstić information content (AvgIpc) is 3.82.